The fourth-order valence-electron chi connectivity index (χ4n) is 4.64. The first-order chi connectivity index (χ1) is 19.4. The molecule has 10 heteroatoms. The standard InChI is InChI=1S/C31H42FN3O6/c1-20-15-25(32)26(17-27(20)40-14-10-13-39-6)34-29(37)24-16-23(18-35(19-24)30(38)41-31(3,4)5)28(36)33-21(2)22-11-8-7-9-12-22/h7-9,11-12,15,17,21,23-24H,10,13-14,16,18-19H2,1-6H3,(H,33,36)(H,34,37)/t21-,23+,24-/m1/s1. The van der Waals surface area contributed by atoms with E-state index in [1.165, 1.54) is 17.0 Å². The van der Waals surface area contributed by atoms with Gasteiger partial charge in [0.2, 0.25) is 11.8 Å². The monoisotopic (exact) mass is 571 g/mol. The number of hydrogen-bond acceptors (Lipinski definition) is 6. The second-order valence-electron chi connectivity index (χ2n) is 11.4. The molecule has 0 radical (unpaired) electrons. The quantitative estimate of drug-likeness (QED) is 0.378. The molecule has 0 spiro atoms. The SMILES string of the molecule is COCCCOc1cc(NC(=O)[C@@H]2C[C@H](C(=O)N[C@H](C)c3ccccc3)CN(C(=O)OC(C)(C)C)C2)c(F)cc1C. The van der Waals surface area contributed by atoms with Crippen molar-refractivity contribution < 1.29 is 33.0 Å². The molecule has 9 nitrogen and oxygen atoms in total. The summed E-state index contributed by atoms with van der Waals surface area (Å²) in [7, 11) is 1.60. The molecule has 2 N–H and O–H groups in total. The number of hydrogen-bond donors (Lipinski definition) is 2. The number of anilines is 1. The number of likely N-dealkylation sites (tertiary alicyclic amines) is 1. The van der Waals surface area contributed by atoms with E-state index in [1.807, 2.05) is 37.3 Å². The van der Waals surface area contributed by atoms with Gasteiger partial charge in [0, 0.05) is 39.3 Å². The molecule has 1 heterocycles. The second kappa shape index (κ2) is 14.3. The normalized spacial score (nSPS) is 17.9. The van der Waals surface area contributed by atoms with Gasteiger partial charge in [-0.2, -0.15) is 0 Å². The highest BCUT2D eigenvalue weighted by Crippen LogP contribution is 2.29. The van der Waals surface area contributed by atoms with Crippen LogP contribution in [0.4, 0.5) is 14.9 Å². The lowest BCUT2D eigenvalue weighted by molar-refractivity contribution is -0.130. The molecule has 2 aromatic rings. The molecular weight excluding hydrogens is 529 g/mol. The number of carbonyl (C=O) groups is 3. The molecule has 1 saturated heterocycles. The van der Waals surface area contributed by atoms with Gasteiger partial charge >= 0.3 is 6.09 Å². The average molecular weight is 572 g/mol. The molecule has 0 saturated carbocycles. The van der Waals surface area contributed by atoms with Crippen molar-refractivity contribution in [3.05, 3.63) is 59.4 Å². The molecular formula is C31H42FN3O6. The molecule has 3 amide bonds. The first kappa shape index (κ1) is 31.9. The molecule has 3 atom stereocenters. The summed E-state index contributed by atoms with van der Waals surface area (Å²) in [6, 6.07) is 12.0. The maximum Gasteiger partial charge on any atom is 0.410 e. The lowest BCUT2D eigenvalue weighted by atomic mass is 9.87. The molecule has 1 aliphatic rings. The minimum Gasteiger partial charge on any atom is -0.493 e. The van der Waals surface area contributed by atoms with Crippen molar-refractivity contribution in [1.82, 2.24) is 10.2 Å². The maximum absolute atomic E-state index is 14.9. The van der Waals surface area contributed by atoms with Crippen LogP contribution in [-0.2, 0) is 19.1 Å². The average Bonchev–Trinajstić information content (AvgIpc) is 2.92. The number of nitrogens with zero attached hydrogens (tertiary/aromatic N) is 1. The van der Waals surface area contributed by atoms with Crippen LogP contribution >= 0.6 is 0 Å². The van der Waals surface area contributed by atoms with E-state index in [9.17, 15) is 18.8 Å². The van der Waals surface area contributed by atoms with Gasteiger partial charge in [0.05, 0.1) is 30.2 Å². The molecule has 224 valence electrons. The molecule has 0 bridgehead atoms. The number of piperidine rings is 1. The summed E-state index contributed by atoms with van der Waals surface area (Å²) in [5, 5.41) is 5.65. The summed E-state index contributed by atoms with van der Waals surface area (Å²) >= 11 is 0. The van der Waals surface area contributed by atoms with Gasteiger partial charge in [-0.1, -0.05) is 30.3 Å². The Labute approximate surface area is 241 Å². The summed E-state index contributed by atoms with van der Waals surface area (Å²) < 4.78 is 31.2. The zero-order chi connectivity index (χ0) is 30.2. The fourth-order valence-corrected chi connectivity index (χ4v) is 4.64. The van der Waals surface area contributed by atoms with E-state index in [1.54, 1.807) is 34.8 Å². The van der Waals surface area contributed by atoms with Gasteiger partial charge in [-0.25, -0.2) is 9.18 Å². The summed E-state index contributed by atoms with van der Waals surface area (Å²) in [6.07, 6.45) is 0.230. The zero-order valence-corrected chi connectivity index (χ0v) is 24.8. The van der Waals surface area contributed by atoms with Crippen molar-refractivity contribution in [2.45, 2.75) is 59.1 Å². The summed E-state index contributed by atoms with van der Waals surface area (Å²) in [5.41, 5.74) is 0.743. The highest BCUT2D eigenvalue weighted by Gasteiger charge is 2.39. The molecule has 0 aliphatic carbocycles. The minimum atomic E-state index is -0.772. The predicted octanol–water partition coefficient (Wildman–Crippen LogP) is 5.24. The van der Waals surface area contributed by atoms with E-state index in [-0.39, 0.29) is 37.1 Å². The first-order valence-corrected chi connectivity index (χ1v) is 13.9. The molecule has 0 aromatic heterocycles. The first-order valence-electron chi connectivity index (χ1n) is 13.9. The number of amides is 3. The summed E-state index contributed by atoms with van der Waals surface area (Å²) in [6.45, 7) is 9.88. The van der Waals surface area contributed by atoms with Crippen LogP contribution in [0.2, 0.25) is 0 Å². The topological polar surface area (TPSA) is 106 Å². The maximum atomic E-state index is 14.9. The number of carbonyl (C=O) groups excluding carboxylic acids is 3. The Balaban J connectivity index is 1.77. The van der Waals surface area contributed by atoms with Crippen LogP contribution < -0.4 is 15.4 Å². The second-order valence-corrected chi connectivity index (χ2v) is 11.4. The Morgan fingerprint density at radius 1 is 1.05 bits per heavy atom. The van der Waals surface area contributed by atoms with Gasteiger partial charge in [-0.05, 0) is 58.2 Å². The number of methoxy groups -OCH3 is 1. The smallest absolute Gasteiger partial charge is 0.410 e. The van der Waals surface area contributed by atoms with Crippen LogP contribution in [0, 0.1) is 24.6 Å². The van der Waals surface area contributed by atoms with Gasteiger partial charge in [0.1, 0.15) is 17.2 Å². The highest BCUT2D eigenvalue weighted by molar-refractivity contribution is 5.94. The van der Waals surface area contributed by atoms with Gasteiger partial charge in [0.25, 0.3) is 0 Å². The van der Waals surface area contributed by atoms with Crippen LogP contribution in [0.5, 0.6) is 5.75 Å². The minimum absolute atomic E-state index is 0.0320. The van der Waals surface area contributed by atoms with Crippen LogP contribution in [0.3, 0.4) is 0 Å². The number of halogens is 1. The Hall–Kier alpha value is -3.66. The van der Waals surface area contributed by atoms with E-state index < -0.39 is 35.3 Å². The van der Waals surface area contributed by atoms with E-state index in [2.05, 4.69) is 10.6 Å². The molecule has 41 heavy (non-hydrogen) atoms. The van der Waals surface area contributed by atoms with Crippen molar-refractivity contribution in [3.63, 3.8) is 0 Å². The Bertz CT molecular complexity index is 1200. The molecule has 1 aliphatic heterocycles. The molecule has 1 fully saturated rings. The number of nitrogens with one attached hydrogen (secondary N) is 2. The largest absolute Gasteiger partial charge is 0.493 e. The van der Waals surface area contributed by atoms with Crippen molar-refractivity contribution in [2.24, 2.45) is 11.8 Å². The lowest BCUT2D eigenvalue weighted by Gasteiger charge is -2.37. The van der Waals surface area contributed by atoms with Crippen molar-refractivity contribution >= 4 is 23.6 Å². The van der Waals surface area contributed by atoms with Gasteiger partial charge < -0.3 is 29.7 Å². The van der Waals surface area contributed by atoms with E-state index in [0.29, 0.717) is 30.9 Å². The van der Waals surface area contributed by atoms with Gasteiger partial charge in [-0.3, -0.25) is 9.59 Å². The van der Waals surface area contributed by atoms with E-state index >= 15 is 0 Å². The lowest BCUT2D eigenvalue weighted by Crippen LogP contribution is -2.52. The Morgan fingerprint density at radius 3 is 2.34 bits per heavy atom. The molecule has 2 aromatic carbocycles. The van der Waals surface area contributed by atoms with Gasteiger partial charge in [0.15, 0.2) is 0 Å². The Kier molecular flexibility index (Phi) is 11.1. The highest BCUT2D eigenvalue weighted by atomic mass is 19.1. The fraction of sp³-hybridized carbons (Fsp3) is 0.516. The van der Waals surface area contributed by atoms with E-state index in [4.69, 9.17) is 14.2 Å². The van der Waals surface area contributed by atoms with Crippen molar-refractivity contribution in [2.75, 3.05) is 38.7 Å². The van der Waals surface area contributed by atoms with Crippen molar-refractivity contribution in [1.29, 1.82) is 0 Å². The number of ether oxygens (including phenoxy) is 3. The van der Waals surface area contributed by atoms with Crippen LogP contribution in [0.1, 0.15) is 57.7 Å². The van der Waals surface area contributed by atoms with Crippen LogP contribution in [-0.4, -0.2) is 61.8 Å². The zero-order valence-electron chi connectivity index (χ0n) is 24.8. The van der Waals surface area contributed by atoms with E-state index in [0.717, 1.165) is 5.56 Å². The number of aryl methyl sites for hydroxylation is 1. The van der Waals surface area contributed by atoms with Crippen LogP contribution in [0.15, 0.2) is 42.5 Å². The molecule has 3 rings (SSSR count). The number of rotatable bonds is 10. The third-order valence-electron chi connectivity index (χ3n) is 6.78. The predicted molar refractivity (Wildman–Crippen MR) is 154 cm³/mol. The Morgan fingerprint density at radius 2 is 1.71 bits per heavy atom. The van der Waals surface area contributed by atoms with Crippen molar-refractivity contribution in [3.8, 4) is 5.75 Å². The third-order valence-corrected chi connectivity index (χ3v) is 6.78. The third kappa shape index (κ3) is 9.45. The summed E-state index contributed by atoms with van der Waals surface area (Å²) in [4.78, 5) is 41.1. The molecule has 0 unspecified atom stereocenters. The van der Waals surface area contributed by atoms with Gasteiger partial charge in [-0.15, -0.1) is 0 Å². The van der Waals surface area contributed by atoms with Crippen LogP contribution in [0.25, 0.3) is 0 Å². The summed E-state index contributed by atoms with van der Waals surface area (Å²) in [5.74, 6) is -2.37. The number of benzene rings is 2.